The molecule has 0 spiro atoms. The van der Waals surface area contributed by atoms with Crippen LogP contribution < -0.4 is 0 Å². The maximum atomic E-state index is 5.98. The summed E-state index contributed by atoms with van der Waals surface area (Å²) in [5.41, 5.74) is 1.13. The molecule has 2 aromatic rings. The molecule has 2 rings (SSSR count). The number of hydrogen-bond donors (Lipinski definition) is 0. The van der Waals surface area contributed by atoms with Crippen LogP contribution in [0, 0.1) is 0 Å². The number of alkyl halides is 1. The van der Waals surface area contributed by atoms with Gasteiger partial charge in [0.25, 0.3) is 0 Å². The lowest BCUT2D eigenvalue weighted by atomic mass is 10.1. The smallest absolute Gasteiger partial charge is 0.147 e. The third-order valence-electron chi connectivity index (χ3n) is 2.72. The van der Waals surface area contributed by atoms with Crippen LogP contribution in [0.2, 0.25) is 5.02 Å². The molecule has 0 unspecified atom stereocenters. The van der Waals surface area contributed by atoms with E-state index in [4.69, 9.17) is 23.2 Å². The highest BCUT2D eigenvalue weighted by Crippen LogP contribution is 2.15. The van der Waals surface area contributed by atoms with E-state index in [9.17, 15) is 0 Å². The first-order valence-corrected chi connectivity index (χ1v) is 6.87. The highest BCUT2D eigenvalue weighted by Gasteiger charge is 2.11. The van der Waals surface area contributed by atoms with E-state index in [0.29, 0.717) is 5.88 Å². The molecule has 0 aliphatic rings. The average Bonchev–Trinajstić information content (AvgIpc) is 2.72. The van der Waals surface area contributed by atoms with Crippen LogP contribution in [0.1, 0.15) is 30.6 Å². The Morgan fingerprint density at radius 2 is 2.00 bits per heavy atom. The second kappa shape index (κ2) is 6.21. The predicted molar refractivity (Wildman–Crippen MR) is 74.1 cm³/mol. The monoisotopic (exact) mass is 283 g/mol. The van der Waals surface area contributed by atoms with Crippen molar-refractivity contribution >= 4 is 23.2 Å². The molecule has 1 aromatic heterocycles. The molecule has 18 heavy (non-hydrogen) atoms. The van der Waals surface area contributed by atoms with Gasteiger partial charge in [-0.25, -0.2) is 0 Å². The Labute approximate surface area is 117 Å². The fraction of sp³-hybridized carbons (Fsp3) is 0.385. The minimum atomic E-state index is 0.391. The molecule has 0 bridgehead atoms. The van der Waals surface area contributed by atoms with Crippen LogP contribution in [0.25, 0.3) is 0 Å². The summed E-state index contributed by atoms with van der Waals surface area (Å²) in [7, 11) is 0. The molecule has 3 nitrogen and oxygen atoms in total. The molecule has 0 atom stereocenters. The van der Waals surface area contributed by atoms with Gasteiger partial charge in [0.05, 0.1) is 5.88 Å². The second-order valence-electron chi connectivity index (χ2n) is 4.12. The molecule has 0 aliphatic carbocycles. The van der Waals surface area contributed by atoms with Crippen molar-refractivity contribution in [3.05, 3.63) is 46.5 Å². The molecular weight excluding hydrogens is 269 g/mol. The Morgan fingerprint density at radius 1 is 1.22 bits per heavy atom. The number of benzene rings is 1. The summed E-state index contributed by atoms with van der Waals surface area (Å²) in [4.78, 5) is 0. The lowest BCUT2D eigenvalue weighted by Crippen LogP contribution is -2.07. The first-order chi connectivity index (χ1) is 8.74. The minimum absolute atomic E-state index is 0.391. The van der Waals surface area contributed by atoms with Gasteiger partial charge in [-0.2, -0.15) is 0 Å². The van der Waals surface area contributed by atoms with Crippen LogP contribution in [0.15, 0.2) is 24.3 Å². The van der Waals surface area contributed by atoms with Crippen molar-refractivity contribution in [3.63, 3.8) is 0 Å². The van der Waals surface area contributed by atoms with Crippen LogP contribution in [0.4, 0.5) is 0 Å². The van der Waals surface area contributed by atoms with Gasteiger partial charge in [0.2, 0.25) is 0 Å². The van der Waals surface area contributed by atoms with Gasteiger partial charge in [-0.15, -0.1) is 21.8 Å². The van der Waals surface area contributed by atoms with Gasteiger partial charge >= 0.3 is 0 Å². The quantitative estimate of drug-likeness (QED) is 0.784. The van der Waals surface area contributed by atoms with E-state index in [1.807, 2.05) is 24.3 Å². The van der Waals surface area contributed by atoms with Gasteiger partial charge in [0.1, 0.15) is 11.6 Å². The molecule has 0 aliphatic heterocycles. The highest BCUT2D eigenvalue weighted by atomic mass is 35.5. The molecule has 1 heterocycles. The Balaban J connectivity index is 2.25. The van der Waals surface area contributed by atoms with Gasteiger partial charge in [0.15, 0.2) is 0 Å². The predicted octanol–water partition coefficient (Wildman–Crippen LogP) is 3.67. The maximum Gasteiger partial charge on any atom is 0.147 e. The van der Waals surface area contributed by atoms with Crippen molar-refractivity contribution in [2.75, 3.05) is 0 Å². The molecule has 0 N–H and O–H groups in total. The standard InChI is InChI=1S/C13H15Cl2N3/c1-2-6-18-12(16-17-13(18)9-14)8-10-4-3-5-11(15)7-10/h3-5,7H,2,6,8-9H2,1H3. The number of nitrogens with zero attached hydrogens (tertiary/aromatic N) is 3. The van der Waals surface area contributed by atoms with E-state index in [2.05, 4.69) is 21.7 Å². The van der Waals surface area contributed by atoms with Gasteiger partial charge in [0, 0.05) is 18.0 Å². The lowest BCUT2D eigenvalue weighted by molar-refractivity contribution is 0.627. The van der Waals surface area contributed by atoms with E-state index < -0.39 is 0 Å². The zero-order valence-corrected chi connectivity index (χ0v) is 11.7. The summed E-state index contributed by atoms with van der Waals surface area (Å²) in [6.45, 7) is 3.02. The van der Waals surface area contributed by atoms with E-state index in [0.717, 1.165) is 41.6 Å². The zero-order chi connectivity index (χ0) is 13.0. The van der Waals surface area contributed by atoms with Crippen molar-refractivity contribution < 1.29 is 0 Å². The molecule has 0 saturated heterocycles. The van der Waals surface area contributed by atoms with Gasteiger partial charge < -0.3 is 4.57 Å². The van der Waals surface area contributed by atoms with E-state index in [1.54, 1.807) is 0 Å². The summed E-state index contributed by atoms with van der Waals surface area (Å²) in [6, 6.07) is 7.80. The number of rotatable bonds is 5. The van der Waals surface area contributed by atoms with E-state index in [-0.39, 0.29) is 0 Å². The normalized spacial score (nSPS) is 10.8. The molecule has 1 aromatic carbocycles. The fourth-order valence-electron chi connectivity index (χ4n) is 1.91. The largest absolute Gasteiger partial charge is 0.314 e. The molecule has 0 fully saturated rings. The van der Waals surface area contributed by atoms with Gasteiger partial charge in [-0.3, -0.25) is 0 Å². The molecule has 5 heteroatoms. The summed E-state index contributed by atoms with van der Waals surface area (Å²) in [6.07, 6.45) is 1.76. The SMILES string of the molecule is CCCn1c(CCl)nnc1Cc1cccc(Cl)c1. The summed E-state index contributed by atoms with van der Waals surface area (Å²) < 4.78 is 2.09. The fourth-order valence-corrected chi connectivity index (χ4v) is 2.32. The summed E-state index contributed by atoms with van der Waals surface area (Å²) >= 11 is 11.8. The third-order valence-corrected chi connectivity index (χ3v) is 3.20. The van der Waals surface area contributed by atoms with Gasteiger partial charge in [-0.05, 0) is 24.1 Å². The van der Waals surface area contributed by atoms with Gasteiger partial charge in [-0.1, -0.05) is 30.7 Å². The Morgan fingerprint density at radius 3 is 2.67 bits per heavy atom. The highest BCUT2D eigenvalue weighted by molar-refractivity contribution is 6.30. The van der Waals surface area contributed by atoms with E-state index >= 15 is 0 Å². The average molecular weight is 284 g/mol. The third kappa shape index (κ3) is 3.03. The van der Waals surface area contributed by atoms with Crippen LogP contribution >= 0.6 is 23.2 Å². The molecule has 0 saturated carbocycles. The van der Waals surface area contributed by atoms with Crippen molar-refractivity contribution in [2.24, 2.45) is 0 Å². The molecule has 96 valence electrons. The maximum absolute atomic E-state index is 5.98. The van der Waals surface area contributed by atoms with Crippen molar-refractivity contribution in [1.29, 1.82) is 0 Å². The zero-order valence-electron chi connectivity index (χ0n) is 10.2. The van der Waals surface area contributed by atoms with Crippen molar-refractivity contribution in [3.8, 4) is 0 Å². The Kier molecular flexibility index (Phi) is 4.61. The second-order valence-corrected chi connectivity index (χ2v) is 4.83. The lowest BCUT2D eigenvalue weighted by Gasteiger charge is -2.07. The first-order valence-electron chi connectivity index (χ1n) is 5.96. The summed E-state index contributed by atoms with van der Waals surface area (Å²) in [5.74, 6) is 2.16. The number of halogens is 2. The first kappa shape index (κ1) is 13.4. The van der Waals surface area contributed by atoms with Crippen LogP contribution in [-0.2, 0) is 18.8 Å². The van der Waals surface area contributed by atoms with Crippen molar-refractivity contribution in [2.45, 2.75) is 32.2 Å². The Bertz CT molecular complexity index is 523. The van der Waals surface area contributed by atoms with Crippen LogP contribution in [-0.4, -0.2) is 14.8 Å². The molecule has 0 amide bonds. The summed E-state index contributed by atoms with van der Waals surface area (Å²) in [5, 5.41) is 9.08. The topological polar surface area (TPSA) is 30.7 Å². The number of hydrogen-bond acceptors (Lipinski definition) is 2. The molecular formula is C13H15Cl2N3. The molecule has 0 radical (unpaired) electrons. The van der Waals surface area contributed by atoms with Crippen LogP contribution in [0.3, 0.4) is 0 Å². The van der Waals surface area contributed by atoms with Crippen molar-refractivity contribution in [1.82, 2.24) is 14.8 Å². The van der Waals surface area contributed by atoms with E-state index in [1.165, 1.54) is 0 Å². The minimum Gasteiger partial charge on any atom is -0.314 e. The number of aromatic nitrogens is 3. The van der Waals surface area contributed by atoms with Crippen LogP contribution in [0.5, 0.6) is 0 Å². The Hall–Kier alpha value is -1.06.